The van der Waals surface area contributed by atoms with Gasteiger partial charge in [-0.1, -0.05) is 36.4 Å². The summed E-state index contributed by atoms with van der Waals surface area (Å²) in [7, 11) is 1.82. The molecule has 5 heteroatoms. The van der Waals surface area contributed by atoms with Gasteiger partial charge in [-0.3, -0.25) is 9.79 Å². The fraction of sp³-hybridized carbons (Fsp3) is 0.500. The molecule has 1 aliphatic carbocycles. The Labute approximate surface area is 150 Å². The minimum Gasteiger partial charge on any atom is -0.356 e. The highest BCUT2D eigenvalue weighted by molar-refractivity contribution is 5.81. The van der Waals surface area contributed by atoms with Crippen LogP contribution in [0.5, 0.6) is 0 Å². The predicted molar refractivity (Wildman–Crippen MR) is 102 cm³/mol. The normalized spacial score (nSPS) is 17.9. The first-order valence-corrected chi connectivity index (χ1v) is 9.25. The van der Waals surface area contributed by atoms with Crippen LogP contribution in [-0.4, -0.2) is 49.5 Å². The number of aliphatic imine (C=N–C) groups is 1. The quantitative estimate of drug-likeness (QED) is 0.475. The molecule has 2 aliphatic rings. The fourth-order valence-corrected chi connectivity index (χ4v) is 3.08. The number of nitrogens with one attached hydrogen (secondary N) is 2. The zero-order valence-corrected chi connectivity index (χ0v) is 15.0. The molecule has 0 unspecified atom stereocenters. The zero-order chi connectivity index (χ0) is 17.5. The van der Waals surface area contributed by atoms with Crippen LogP contribution in [0.15, 0.2) is 41.4 Å². The maximum Gasteiger partial charge on any atom is 0.220 e. The van der Waals surface area contributed by atoms with Crippen LogP contribution in [0.4, 0.5) is 0 Å². The predicted octanol–water partition coefficient (Wildman–Crippen LogP) is 2.41. The summed E-state index contributed by atoms with van der Waals surface area (Å²) < 4.78 is 0. The van der Waals surface area contributed by atoms with Crippen molar-refractivity contribution in [1.29, 1.82) is 0 Å². The SMILES string of the molecule is CN=C(NCCCC(=O)NC1CC1)N1CC=C(c2ccccc2)CC1. The van der Waals surface area contributed by atoms with E-state index < -0.39 is 0 Å². The number of amides is 1. The molecule has 1 fully saturated rings. The van der Waals surface area contributed by atoms with Gasteiger partial charge in [0.15, 0.2) is 5.96 Å². The van der Waals surface area contributed by atoms with Crippen molar-refractivity contribution in [2.45, 2.75) is 38.1 Å². The van der Waals surface area contributed by atoms with E-state index in [-0.39, 0.29) is 5.91 Å². The summed E-state index contributed by atoms with van der Waals surface area (Å²) in [4.78, 5) is 18.3. The van der Waals surface area contributed by atoms with Crippen molar-refractivity contribution < 1.29 is 4.79 Å². The van der Waals surface area contributed by atoms with Crippen molar-refractivity contribution in [3.8, 4) is 0 Å². The number of carbonyl (C=O) groups excluding carboxylic acids is 1. The molecule has 5 nitrogen and oxygen atoms in total. The Morgan fingerprint density at radius 3 is 2.72 bits per heavy atom. The first kappa shape index (κ1) is 17.5. The number of hydrogen-bond donors (Lipinski definition) is 2. The molecule has 0 radical (unpaired) electrons. The Kier molecular flexibility index (Phi) is 6.09. The molecule has 3 rings (SSSR count). The Hall–Kier alpha value is -2.30. The molecule has 1 amide bonds. The summed E-state index contributed by atoms with van der Waals surface area (Å²) in [5.74, 6) is 1.10. The van der Waals surface area contributed by atoms with Gasteiger partial charge in [0, 0.05) is 39.1 Å². The summed E-state index contributed by atoms with van der Waals surface area (Å²) in [6, 6.07) is 11.0. The molecular weight excluding hydrogens is 312 g/mol. The first-order chi connectivity index (χ1) is 12.3. The largest absolute Gasteiger partial charge is 0.356 e. The molecule has 0 aromatic heterocycles. The summed E-state index contributed by atoms with van der Waals surface area (Å²) in [5.41, 5.74) is 2.72. The van der Waals surface area contributed by atoms with E-state index in [4.69, 9.17) is 0 Å². The van der Waals surface area contributed by atoms with Gasteiger partial charge in [-0.25, -0.2) is 0 Å². The van der Waals surface area contributed by atoms with E-state index in [0.29, 0.717) is 12.5 Å². The van der Waals surface area contributed by atoms with Gasteiger partial charge in [-0.15, -0.1) is 0 Å². The van der Waals surface area contributed by atoms with E-state index in [2.05, 4.69) is 56.9 Å². The standard InChI is InChI=1S/C20H28N4O/c1-21-20(22-13-5-8-19(25)23-18-9-10-18)24-14-11-17(12-15-24)16-6-3-2-4-7-16/h2-4,6-7,11,18H,5,8-10,12-15H2,1H3,(H,21,22)(H,23,25). The number of benzene rings is 1. The Morgan fingerprint density at radius 1 is 1.28 bits per heavy atom. The van der Waals surface area contributed by atoms with Crippen LogP contribution >= 0.6 is 0 Å². The van der Waals surface area contributed by atoms with Crippen LogP contribution in [0.25, 0.3) is 5.57 Å². The molecule has 1 aromatic carbocycles. The lowest BCUT2D eigenvalue weighted by molar-refractivity contribution is -0.121. The minimum atomic E-state index is 0.174. The maximum atomic E-state index is 11.7. The second-order valence-corrected chi connectivity index (χ2v) is 6.71. The number of nitrogens with zero attached hydrogens (tertiary/aromatic N) is 2. The molecule has 1 aliphatic heterocycles. The first-order valence-electron chi connectivity index (χ1n) is 9.25. The van der Waals surface area contributed by atoms with Gasteiger partial charge in [0.05, 0.1) is 0 Å². The van der Waals surface area contributed by atoms with Gasteiger partial charge in [0.25, 0.3) is 0 Å². The van der Waals surface area contributed by atoms with Gasteiger partial charge in [0.1, 0.15) is 0 Å². The summed E-state index contributed by atoms with van der Waals surface area (Å²) >= 11 is 0. The molecule has 0 atom stereocenters. The van der Waals surface area contributed by atoms with Crippen LogP contribution in [-0.2, 0) is 4.79 Å². The molecule has 1 heterocycles. The number of carbonyl (C=O) groups is 1. The Balaban J connectivity index is 1.41. The topological polar surface area (TPSA) is 56.7 Å². The third-order valence-electron chi connectivity index (χ3n) is 4.67. The number of guanidine groups is 1. The second-order valence-electron chi connectivity index (χ2n) is 6.71. The average molecular weight is 340 g/mol. The monoisotopic (exact) mass is 340 g/mol. The Bertz CT molecular complexity index is 634. The molecule has 0 spiro atoms. The van der Waals surface area contributed by atoms with Crippen LogP contribution in [0, 0.1) is 0 Å². The zero-order valence-electron chi connectivity index (χ0n) is 15.0. The van der Waals surface area contributed by atoms with Crippen molar-refractivity contribution in [3.63, 3.8) is 0 Å². The number of rotatable bonds is 6. The highest BCUT2D eigenvalue weighted by Gasteiger charge is 2.22. The fourth-order valence-electron chi connectivity index (χ4n) is 3.08. The minimum absolute atomic E-state index is 0.174. The maximum absolute atomic E-state index is 11.7. The van der Waals surface area contributed by atoms with Gasteiger partial charge in [-0.05, 0) is 36.8 Å². The average Bonchev–Trinajstić information content (AvgIpc) is 3.47. The molecule has 0 bridgehead atoms. The van der Waals surface area contributed by atoms with Crippen LogP contribution in [0.1, 0.15) is 37.7 Å². The van der Waals surface area contributed by atoms with Crippen LogP contribution in [0.2, 0.25) is 0 Å². The van der Waals surface area contributed by atoms with Crippen LogP contribution < -0.4 is 10.6 Å². The molecular formula is C20H28N4O. The van der Waals surface area contributed by atoms with Crippen molar-refractivity contribution in [1.82, 2.24) is 15.5 Å². The molecule has 1 aromatic rings. The van der Waals surface area contributed by atoms with E-state index in [0.717, 1.165) is 51.3 Å². The van der Waals surface area contributed by atoms with E-state index in [1.54, 1.807) is 0 Å². The van der Waals surface area contributed by atoms with E-state index in [1.807, 2.05) is 7.05 Å². The summed E-state index contributed by atoms with van der Waals surface area (Å²) in [5, 5.41) is 6.41. The molecule has 25 heavy (non-hydrogen) atoms. The van der Waals surface area contributed by atoms with E-state index >= 15 is 0 Å². The molecule has 2 N–H and O–H groups in total. The lowest BCUT2D eigenvalue weighted by Gasteiger charge is -2.29. The number of hydrogen-bond acceptors (Lipinski definition) is 2. The Morgan fingerprint density at radius 2 is 2.08 bits per heavy atom. The van der Waals surface area contributed by atoms with Crippen molar-refractivity contribution in [2.24, 2.45) is 4.99 Å². The summed E-state index contributed by atoms with van der Waals surface area (Å²) in [6.07, 6.45) is 7.01. The van der Waals surface area contributed by atoms with E-state index in [9.17, 15) is 4.79 Å². The van der Waals surface area contributed by atoms with Crippen molar-refractivity contribution >= 4 is 17.4 Å². The van der Waals surface area contributed by atoms with Gasteiger partial charge < -0.3 is 15.5 Å². The van der Waals surface area contributed by atoms with Gasteiger partial charge in [0.2, 0.25) is 5.91 Å². The third kappa shape index (κ3) is 5.34. The highest BCUT2D eigenvalue weighted by atomic mass is 16.1. The molecule has 1 saturated carbocycles. The van der Waals surface area contributed by atoms with E-state index in [1.165, 1.54) is 11.1 Å². The summed E-state index contributed by atoms with van der Waals surface area (Å²) in [6.45, 7) is 2.60. The van der Waals surface area contributed by atoms with Crippen LogP contribution in [0.3, 0.4) is 0 Å². The molecule has 0 saturated heterocycles. The third-order valence-corrected chi connectivity index (χ3v) is 4.67. The van der Waals surface area contributed by atoms with Gasteiger partial charge >= 0.3 is 0 Å². The van der Waals surface area contributed by atoms with Crippen molar-refractivity contribution in [3.05, 3.63) is 42.0 Å². The lowest BCUT2D eigenvalue weighted by Crippen LogP contribution is -2.43. The van der Waals surface area contributed by atoms with Crippen molar-refractivity contribution in [2.75, 3.05) is 26.7 Å². The second kappa shape index (κ2) is 8.70. The smallest absolute Gasteiger partial charge is 0.220 e. The lowest BCUT2D eigenvalue weighted by atomic mass is 10.00. The highest BCUT2D eigenvalue weighted by Crippen LogP contribution is 2.22. The van der Waals surface area contributed by atoms with Gasteiger partial charge in [-0.2, -0.15) is 0 Å². The molecule has 134 valence electrons.